The van der Waals surface area contributed by atoms with Crippen molar-refractivity contribution in [3.63, 3.8) is 0 Å². The third kappa shape index (κ3) is 4.40. The molecule has 0 amide bonds. The number of hydrogen-bond donors (Lipinski definition) is 1. The predicted molar refractivity (Wildman–Crippen MR) is 106 cm³/mol. The van der Waals surface area contributed by atoms with Gasteiger partial charge in [-0.1, -0.05) is 78.9 Å². The van der Waals surface area contributed by atoms with Crippen LogP contribution in [0.2, 0.25) is 0 Å². The molecule has 0 heterocycles. The van der Waals surface area contributed by atoms with Crippen LogP contribution in [0.15, 0.2) is 78.9 Å². The third-order valence-corrected chi connectivity index (χ3v) is 5.82. The summed E-state index contributed by atoms with van der Waals surface area (Å²) < 4.78 is 28.7. The van der Waals surface area contributed by atoms with E-state index in [-0.39, 0.29) is 5.75 Å². The summed E-state index contributed by atoms with van der Waals surface area (Å²) in [6.07, 6.45) is 0. The van der Waals surface area contributed by atoms with Crippen molar-refractivity contribution in [1.82, 2.24) is 4.72 Å². The lowest BCUT2D eigenvalue weighted by molar-refractivity contribution is 0.571. The summed E-state index contributed by atoms with van der Waals surface area (Å²) in [4.78, 5) is 0. The molecule has 0 fully saturated rings. The Morgan fingerprint density at radius 3 is 2.00 bits per heavy atom. The molecule has 4 heteroatoms. The van der Waals surface area contributed by atoms with Gasteiger partial charge in [-0.25, -0.2) is 13.1 Å². The highest BCUT2D eigenvalue weighted by molar-refractivity contribution is 7.88. The molecule has 0 spiro atoms. The third-order valence-electron chi connectivity index (χ3n) is 4.54. The van der Waals surface area contributed by atoms with E-state index in [4.69, 9.17) is 0 Å². The second-order valence-electron chi connectivity index (χ2n) is 6.50. The minimum absolute atomic E-state index is 0.0328. The molecule has 1 N–H and O–H groups in total. The zero-order valence-electron chi connectivity index (χ0n) is 15.0. The van der Waals surface area contributed by atoms with Gasteiger partial charge in [0.1, 0.15) is 0 Å². The fraction of sp³-hybridized carbons (Fsp3) is 0.182. The summed E-state index contributed by atoms with van der Waals surface area (Å²) in [6, 6.07) is 24.7. The highest BCUT2D eigenvalue weighted by Crippen LogP contribution is 2.26. The fourth-order valence-electron chi connectivity index (χ4n) is 3.07. The zero-order valence-corrected chi connectivity index (χ0v) is 15.8. The molecule has 0 aliphatic heterocycles. The maximum atomic E-state index is 12.9. The minimum Gasteiger partial charge on any atom is -0.212 e. The van der Waals surface area contributed by atoms with Gasteiger partial charge in [0.2, 0.25) is 10.0 Å². The van der Waals surface area contributed by atoms with Crippen LogP contribution < -0.4 is 4.72 Å². The van der Waals surface area contributed by atoms with E-state index in [1.54, 1.807) is 0 Å². The van der Waals surface area contributed by atoms with Crippen LogP contribution >= 0.6 is 0 Å². The lowest BCUT2D eigenvalue weighted by atomic mass is 9.96. The minimum atomic E-state index is -3.52. The van der Waals surface area contributed by atoms with Crippen LogP contribution in [0.1, 0.15) is 33.9 Å². The molecule has 3 nitrogen and oxygen atoms in total. The van der Waals surface area contributed by atoms with E-state index in [0.29, 0.717) is 0 Å². The SMILES string of the molecule is Cc1ccccc1CS(=O)(=O)N[C@H](c1ccccc1)c1ccccc1C. The van der Waals surface area contributed by atoms with Crippen molar-refractivity contribution >= 4 is 10.0 Å². The van der Waals surface area contributed by atoms with E-state index >= 15 is 0 Å². The zero-order chi connectivity index (χ0) is 18.6. The van der Waals surface area contributed by atoms with Crippen LogP contribution in [-0.2, 0) is 15.8 Å². The molecular formula is C22H23NO2S. The van der Waals surface area contributed by atoms with E-state index in [9.17, 15) is 8.42 Å². The van der Waals surface area contributed by atoms with Crippen LogP contribution in [0.4, 0.5) is 0 Å². The molecule has 0 unspecified atom stereocenters. The normalized spacial score (nSPS) is 12.7. The number of hydrogen-bond acceptors (Lipinski definition) is 2. The van der Waals surface area contributed by atoms with Gasteiger partial charge in [0.05, 0.1) is 11.8 Å². The largest absolute Gasteiger partial charge is 0.216 e. The first-order chi connectivity index (χ1) is 12.5. The Balaban J connectivity index is 1.96. The van der Waals surface area contributed by atoms with Crippen molar-refractivity contribution in [2.45, 2.75) is 25.6 Å². The van der Waals surface area contributed by atoms with Crippen molar-refractivity contribution in [2.75, 3.05) is 0 Å². The van der Waals surface area contributed by atoms with Crippen LogP contribution in [0.5, 0.6) is 0 Å². The predicted octanol–water partition coefficient (Wildman–Crippen LogP) is 4.51. The average Bonchev–Trinajstić information content (AvgIpc) is 2.63. The first kappa shape index (κ1) is 18.4. The summed E-state index contributed by atoms with van der Waals surface area (Å²) in [6.45, 7) is 3.93. The molecular weight excluding hydrogens is 342 g/mol. The topological polar surface area (TPSA) is 46.2 Å². The smallest absolute Gasteiger partial charge is 0.212 e. The van der Waals surface area contributed by atoms with Crippen LogP contribution in [0.25, 0.3) is 0 Å². The Hall–Kier alpha value is -2.43. The Morgan fingerprint density at radius 2 is 1.35 bits per heavy atom. The molecule has 3 aromatic carbocycles. The van der Waals surface area contributed by atoms with Gasteiger partial charge in [-0.2, -0.15) is 0 Å². The molecule has 0 aliphatic carbocycles. The molecule has 26 heavy (non-hydrogen) atoms. The molecule has 0 aromatic heterocycles. The van der Waals surface area contributed by atoms with E-state index in [2.05, 4.69) is 4.72 Å². The standard InChI is InChI=1S/C22H23NO2S/c1-17-10-6-8-14-20(17)16-26(24,25)23-22(19-12-4-3-5-13-19)21-15-9-7-11-18(21)2/h3-15,22-23H,16H2,1-2H3/t22-/m1/s1. The summed E-state index contributed by atoms with van der Waals surface area (Å²) in [5.74, 6) is -0.0328. The number of benzene rings is 3. The average molecular weight is 365 g/mol. The summed E-state index contributed by atoms with van der Waals surface area (Å²) >= 11 is 0. The van der Waals surface area contributed by atoms with Crippen molar-refractivity contribution < 1.29 is 8.42 Å². The van der Waals surface area contributed by atoms with Gasteiger partial charge in [-0.3, -0.25) is 0 Å². The summed E-state index contributed by atoms with van der Waals surface area (Å²) in [5, 5.41) is 0. The first-order valence-electron chi connectivity index (χ1n) is 8.61. The Labute approximate surface area is 155 Å². The lowest BCUT2D eigenvalue weighted by Gasteiger charge is -2.22. The van der Waals surface area contributed by atoms with Gasteiger partial charge in [-0.05, 0) is 41.7 Å². The van der Waals surface area contributed by atoms with Crippen molar-refractivity contribution in [2.24, 2.45) is 0 Å². The summed E-state index contributed by atoms with van der Waals surface area (Å²) in [7, 11) is -3.52. The van der Waals surface area contributed by atoms with Crippen LogP contribution in [0, 0.1) is 13.8 Å². The van der Waals surface area contributed by atoms with Gasteiger partial charge in [0.15, 0.2) is 0 Å². The maximum Gasteiger partial charge on any atom is 0.216 e. The molecule has 0 saturated heterocycles. The highest BCUT2D eigenvalue weighted by atomic mass is 32.2. The van der Waals surface area contributed by atoms with E-state index in [0.717, 1.165) is 27.8 Å². The van der Waals surface area contributed by atoms with Crippen molar-refractivity contribution in [3.05, 3.63) is 107 Å². The number of aryl methyl sites for hydroxylation is 2. The van der Waals surface area contributed by atoms with E-state index < -0.39 is 16.1 Å². The second kappa shape index (κ2) is 7.85. The number of nitrogens with one attached hydrogen (secondary N) is 1. The number of sulfonamides is 1. The molecule has 0 radical (unpaired) electrons. The van der Waals surface area contributed by atoms with Crippen LogP contribution in [-0.4, -0.2) is 8.42 Å². The highest BCUT2D eigenvalue weighted by Gasteiger charge is 2.23. The molecule has 134 valence electrons. The molecule has 0 saturated carbocycles. The molecule has 1 atom stereocenters. The van der Waals surface area contributed by atoms with E-state index in [1.807, 2.05) is 92.7 Å². The maximum absolute atomic E-state index is 12.9. The monoisotopic (exact) mass is 365 g/mol. The van der Waals surface area contributed by atoms with Gasteiger partial charge < -0.3 is 0 Å². The quantitative estimate of drug-likeness (QED) is 0.698. The van der Waals surface area contributed by atoms with Crippen molar-refractivity contribution in [3.8, 4) is 0 Å². The van der Waals surface area contributed by atoms with Gasteiger partial charge in [-0.15, -0.1) is 0 Å². The van der Waals surface area contributed by atoms with Gasteiger partial charge >= 0.3 is 0 Å². The Bertz CT molecular complexity index is 982. The van der Waals surface area contributed by atoms with Gasteiger partial charge in [0.25, 0.3) is 0 Å². The van der Waals surface area contributed by atoms with Gasteiger partial charge in [0, 0.05) is 0 Å². The lowest BCUT2D eigenvalue weighted by Crippen LogP contribution is -2.31. The molecule has 0 bridgehead atoms. The molecule has 3 aromatic rings. The first-order valence-corrected chi connectivity index (χ1v) is 10.3. The second-order valence-corrected chi connectivity index (χ2v) is 8.26. The van der Waals surface area contributed by atoms with Crippen molar-refractivity contribution in [1.29, 1.82) is 0 Å². The summed E-state index contributed by atoms with van der Waals surface area (Å²) in [5.41, 5.74) is 4.74. The fourth-order valence-corrected chi connectivity index (χ4v) is 4.50. The Kier molecular flexibility index (Phi) is 5.55. The van der Waals surface area contributed by atoms with E-state index in [1.165, 1.54) is 0 Å². The number of rotatable bonds is 6. The molecule has 0 aliphatic rings. The Morgan fingerprint density at radius 1 is 0.769 bits per heavy atom. The van der Waals surface area contributed by atoms with Crippen LogP contribution in [0.3, 0.4) is 0 Å². The molecule has 3 rings (SSSR count).